The Kier molecular flexibility index (Phi) is 6.73. The Labute approximate surface area is 204 Å². The van der Waals surface area contributed by atoms with Gasteiger partial charge in [-0.15, -0.1) is 0 Å². The van der Waals surface area contributed by atoms with Crippen LogP contribution in [0.1, 0.15) is 29.4 Å². The third-order valence-corrected chi connectivity index (χ3v) is 5.78. The van der Waals surface area contributed by atoms with Crippen LogP contribution in [0.3, 0.4) is 0 Å². The third kappa shape index (κ3) is 5.11. The van der Waals surface area contributed by atoms with Crippen molar-refractivity contribution >= 4 is 29.6 Å². The zero-order valence-electron chi connectivity index (χ0n) is 20.2. The molecule has 0 spiro atoms. The number of nitrogens with zero attached hydrogens (tertiary/aromatic N) is 2. The lowest BCUT2D eigenvalue weighted by molar-refractivity contribution is -0.127. The predicted molar refractivity (Wildman–Crippen MR) is 134 cm³/mol. The summed E-state index contributed by atoms with van der Waals surface area (Å²) in [5, 5.41) is 5.30. The molecule has 1 fully saturated rings. The largest absolute Gasteiger partial charge is 0.494 e. The first-order valence-electron chi connectivity index (χ1n) is 11.4. The Balaban J connectivity index is 1.50. The van der Waals surface area contributed by atoms with Gasteiger partial charge >= 0.3 is 6.03 Å². The molecule has 0 saturated carbocycles. The zero-order chi connectivity index (χ0) is 25.1. The molecule has 2 aromatic carbocycles. The summed E-state index contributed by atoms with van der Waals surface area (Å²) < 4.78 is 7.58. The van der Waals surface area contributed by atoms with Crippen molar-refractivity contribution in [1.29, 1.82) is 0 Å². The summed E-state index contributed by atoms with van der Waals surface area (Å²) >= 11 is 0. The molecule has 0 unspecified atom stereocenters. The van der Waals surface area contributed by atoms with Gasteiger partial charge in [0.15, 0.2) is 0 Å². The molecule has 1 aliphatic rings. The Bertz CT molecular complexity index is 1300. The standard InChI is InChI=1S/C27H28N4O4/c1-5-35-23-12-10-22(11-13-23)31-18(3)14-20(19(31)4)15-24-26(33)30(27(34)29-24)16-25(32)28-21-8-6-17(2)7-9-21/h6-15H,5,16H2,1-4H3,(H,28,32)(H,29,34)/b24-15+. The number of amides is 4. The molecule has 0 atom stereocenters. The minimum absolute atomic E-state index is 0.130. The van der Waals surface area contributed by atoms with Crippen LogP contribution in [-0.2, 0) is 9.59 Å². The van der Waals surface area contributed by atoms with Gasteiger partial charge < -0.3 is 19.9 Å². The molecule has 0 aliphatic carbocycles. The summed E-state index contributed by atoms with van der Waals surface area (Å²) in [4.78, 5) is 38.7. The van der Waals surface area contributed by atoms with E-state index in [0.717, 1.165) is 38.9 Å². The van der Waals surface area contributed by atoms with Crippen molar-refractivity contribution in [1.82, 2.24) is 14.8 Å². The second-order valence-corrected chi connectivity index (χ2v) is 8.38. The van der Waals surface area contributed by atoms with E-state index in [0.29, 0.717) is 12.3 Å². The number of benzene rings is 2. The predicted octanol–water partition coefficient (Wildman–Crippen LogP) is 4.33. The number of hydrogen-bond donors (Lipinski definition) is 2. The molecule has 3 aromatic rings. The van der Waals surface area contributed by atoms with E-state index >= 15 is 0 Å². The van der Waals surface area contributed by atoms with E-state index in [-0.39, 0.29) is 12.2 Å². The molecule has 0 radical (unpaired) electrons. The van der Waals surface area contributed by atoms with Crippen LogP contribution < -0.4 is 15.4 Å². The molecule has 2 N–H and O–H groups in total. The smallest absolute Gasteiger partial charge is 0.329 e. The Morgan fingerprint density at radius 2 is 1.71 bits per heavy atom. The van der Waals surface area contributed by atoms with Gasteiger partial charge in [-0.25, -0.2) is 9.69 Å². The summed E-state index contributed by atoms with van der Waals surface area (Å²) in [6, 6.07) is 16.4. The SMILES string of the molecule is CCOc1ccc(-n2c(C)cc(/C=C3/NC(=O)N(CC(=O)Nc4ccc(C)cc4)C3=O)c2C)cc1. The fourth-order valence-corrected chi connectivity index (χ4v) is 4.04. The van der Waals surface area contributed by atoms with Gasteiger partial charge in [0, 0.05) is 22.8 Å². The minimum Gasteiger partial charge on any atom is -0.494 e. The first-order chi connectivity index (χ1) is 16.8. The van der Waals surface area contributed by atoms with Gasteiger partial charge in [-0.05, 0) is 81.8 Å². The second kappa shape index (κ2) is 9.89. The number of carbonyl (C=O) groups is 3. The number of urea groups is 1. The van der Waals surface area contributed by atoms with E-state index in [1.165, 1.54) is 0 Å². The van der Waals surface area contributed by atoms with Crippen LogP contribution in [0, 0.1) is 20.8 Å². The first kappa shape index (κ1) is 23.8. The number of anilines is 1. The van der Waals surface area contributed by atoms with Crippen molar-refractivity contribution in [2.45, 2.75) is 27.7 Å². The number of rotatable bonds is 7. The number of carbonyl (C=O) groups excluding carboxylic acids is 3. The zero-order valence-corrected chi connectivity index (χ0v) is 20.2. The van der Waals surface area contributed by atoms with Crippen molar-refractivity contribution in [2.75, 3.05) is 18.5 Å². The molecule has 1 saturated heterocycles. The summed E-state index contributed by atoms with van der Waals surface area (Å²) in [5.41, 5.74) is 5.45. The lowest BCUT2D eigenvalue weighted by Crippen LogP contribution is -2.38. The monoisotopic (exact) mass is 472 g/mol. The number of aromatic nitrogens is 1. The maximum Gasteiger partial charge on any atom is 0.329 e. The van der Waals surface area contributed by atoms with Crippen molar-refractivity contribution in [3.63, 3.8) is 0 Å². The second-order valence-electron chi connectivity index (χ2n) is 8.38. The summed E-state index contributed by atoms with van der Waals surface area (Å²) in [5.74, 6) is -0.195. The van der Waals surface area contributed by atoms with Gasteiger partial charge in [-0.1, -0.05) is 17.7 Å². The third-order valence-electron chi connectivity index (χ3n) is 5.78. The van der Waals surface area contributed by atoms with Crippen molar-refractivity contribution in [3.05, 3.63) is 82.8 Å². The minimum atomic E-state index is -0.624. The number of aryl methyl sites for hydroxylation is 2. The molecule has 180 valence electrons. The van der Waals surface area contributed by atoms with Crippen LogP contribution in [-0.4, -0.2) is 40.5 Å². The van der Waals surface area contributed by atoms with Crippen molar-refractivity contribution < 1.29 is 19.1 Å². The van der Waals surface area contributed by atoms with E-state index in [2.05, 4.69) is 15.2 Å². The fourth-order valence-electron chi connectivity index (χ4n) is 4.04. The van der Waals surface area contributed by atoms with Gasteiger partial charge in [0.05, 0.1) is 6.61 Å². The highest BCUT2D eigenvalue weighted by Crippen LogP contribution is 2.25. The summed E-state index contributed by atoms with van der Waals surface area (Å²) in [6.07, 6.45) is 1.64. The van der Waals surface area contributed by atoms with E-state index in [9.17, 15) is 14.4 Å². The van der Waals surface area contributed by atoms with Gasteiger partial charge in [0.1, 0.15) is 18.0 Å². The van der Waals surface area contributed by atoms with E-state index < -0.39 is 17.8 Å². The Hall–Kier alpha value is -4.33. The van der Waals surface area contributed by atoms with Crippen LogP contribution in [0.4, 0.5) is 10.5 Å². The maximum atomic E-state index is 12.9. The molecule has 1 aliphatic heterocycles. The van der Waals surface area contributed by atoms with Crippen molar-refractivity contribution in [3.8, 4) is 11.4 Å². The first-order valence-corrected chi connectivity index (χ1v) is 11.4. The van der Waals surface area contributed by atoms with Gasteiger partial charge in [0.25, 0.3) is 5.91 Å². The Morgan fingerprint density at radius 1 is 1.03 bits per heavy atom. The molecule has 4 amide bonds. The molecular formula is C27H28N4O4. The van der Waals surface area contributed by atoms with Crippen LogP contribution in [0.5, 0.6) is 5.75 Å². The molecule has 8 heteroatoms. The quantitative estimate of drug-likeness (QED) is 0.395. The number of nitrogens with one attached hydrogen (secondary N) is 2. The molecule has 1 aromatic heterocycles. The van der Waals surface area contributed by atoms with Gasteiger partial charge in [-0.3, -0.25) is 9.59 Å². The average molecular weight is 473 g/mol. The molecule has 8 nitrogen and oxygen atoms in total. The maximum absolute atomic E-state index is 12.9. The molecule has 35 heavy (non-hydrogen) atoms. The molecule has 0 bridgehead atoms. The van der Waals surface area contributed by atoms with E-state index in [1.807, 2.05) is 70.2 Å². The number of ether oxygens (including phenoxy) is 1. The average Bonchev–Trinajstić information content (AvgIpc) is 3.25. The highest BCUT2D eigenvalue weighted by Gasteiger charge is 2.35. The molecule has 4 rings (SSSR count). The molecule has 2 heterocycles. The Morgan fingerprint density at radius 3 is 2.37 bits per heavy atom. The lowest BCUT2D eigenvalue weighted by atomic mass is 10.2. The topological polar surface area (TPSA) is 92.7 Å². The normalized spacial score (nSPS) is 14.4. The van der Waals surface area contributed by atoms with Crippen LogP contribution in [0.25, 0.3) is 11.8 Å². The van der Waals surface area contributed by atoms with Gasteiger partial charge in [0.2, 0.25) is 5.91 Å². The fraction of sp³-hybridized carbons (Fsp3) is 0.222. The highest BCUT2D eigenvalue weighted by atomic mass is 16.5. The summed E-state index contributed by atoms with van der Waals surface area (Å²) in [6.45, 7) is 8.03. The number of imide groups is 1. The van der Waals surface area contributed by atoms with Gasteiger partial charge in [-0.2, -0.15) is 0 Å². The summed E-state index contributed by atoms with van der Waals surface area (Å²) in [7, 11) is 0. The lowest BCUT2D eigenvalue weighted by Gasteiger charge is -2.12. The molecular weight excluding hydrogens is 444 g/mol. The van der Waals surface area contributed by atoms with E-state index in [1.54, 1.807) is 18.2 Å². The van der Waals surface area contributed by atoms with Crippen LogP contribution in [0.15, 0.2) is 60.3 Å². The van der Waals surface area contributed by atoms with Crippen LogP contribution in [0.2, 0.25) is 0 Å². The van der Waals surface area contributed by atoms with Crippen LogP contribution >= 0.6 is 0 Å². The number of hydrogen-bond acceptors (Lipinski definition) is 4. The van der Waals surface area contributed by atoms with Crippen molar-refractivity contribution in [2.24, 2.45) is 0 Å². The highest BCUT2D eigenvalue weighted by molar-refractivity contribution is 6.16. The van der Waals surface area contributed by atoms with E-state index in [4.69, 9.17) is 4.74 Å².